The minimum atomic E-state index is -4.00. The molecule has 0 saturated carbocycles. The van der Waals surface area contributed by atoms with Gasteiger partial charge in [-0.1, -0.05) is 23.7 Å². The molecule has 9 heteroatoms. The van der Waals surface area contributed by atoms with Gasteiger partial charge in [0.05, 0.1) is 29.8 Å². The Kier molecular flexibility index (Phi) is 5.98. The maximum absolute atomic E-state index is 12.3. The number of nitrogens with zero attached hydrogens (tertiary/aromatic N) is 1. The topological polar surface area (TPSA) is 108 Å². The molecule has 0 heterocycles. The van der Waals surface area contributed by atoms with Crippen molar-refractivity contribution in [3.8, 4) is 11.8 Å². The van der Waals surface area contributed by atoms with E-state index in [-0.39, 0.29) is 10.5 Å². The van der Waals surface area contributed by atoms with E-state index in [9.17, 15) is 13.2 Å². The molecule has 0 fully saturated rings. The SMILES string of the molecule is COc1ccc(Cl)cc1NC(=O)CNS(=O)(=O)c1ccccc1C#N. The van der Waals surface area contributed by atoms with E-state index in [0.717, 1.165) is 0 Å². The molecule has 0 aliphatic heterocycles. The number of rotatable bonds is 6. The molecule has 130 valence electrons. The van der Waals surface area contributed by atoms with Crippen molar-refractivity contribution in [1.29, 1.82) is 5.26 Å². The number of carbonyl (C=O) groups is 1. The molecular formula is C16H14ClN3O4S. The average molecular weight is 380 g/mol. The smallest absolute Gasteiger partial charge is 0.242 e. The summed E-state index contributed by atoms with van der Waals surface area (Å²) in [6.45, 7) is -0.516. The largest absolute Gasteiger partial charge is 0.495 e. The Balaban J connectivity index is 2.10. The summed E-state index contributed by atoms with van der Waals surface area (Å²) in [4.78, 5) is 11.8. The summed E-state index contributed by atoms with van der Waals surface area (Å²) in [5.41, 5.74) is 0.309. The van der Waals surface area contributed by atoms with Crippen molar-refractivity contribution in [2.75, 3.05) is 19.0 Å². The van der Waals surface area contributed by atoms with Gasteiger partial charge in [0.15, 0.2) is 0 Å². The Morgan fingerprint density at radius 2 is 2.00 bits per heavy atom. The average Bonchev–Trinajstić information content (AvgIpc) is 2.60. The number of carbonyl (C=O) groups excluding carboxylic acids is 1. The van der Waals surface area contributed by atoms with Crippen molar-refractivity contribution in [1.82, 2.24) is 4.72 Å². The number of sulfonamides is 1. The van der Waals surface area contributed by atoms with Crippen molar-refractivity contribution in [2.24, 2.45) is 0 Å². The van der Waals surface area contributed by atoms with Crippen LogP contribution in [0.1, 0.15) is 5.56 Å². The molecule has 7 nitrogen and oxygen atoms in total. The molecule has 2 rings (SSSR count). The monoisotopic (exact) mass is 379 g/mol. The maximum atomic E-state index is 12.3. The first-order valence-corrected chi connectivity index (χ1v) is 8.85. The molecule has 0 aliphatic carbocycles. The van der Waals surface area contributed by atoms with E-state index >= 15 is 0 Å². The summed E-state index contributed by atoms with van der Waals surface area (Å²) in [6.07, 6.45) is 0. The lowest BCUT2D eigenvalue weighted by atomic mass is 10.2. The minimum Gasteiger partial charge on any atom is -0.495 e. The van der Waals surface area contributed by atoms with Gasteiger partial charge in [0.25, 0.3) is 0 Å². The fraction of sp³-hybridized carbons (Fsp3) is 0.125. The zero-order valence-electron chi connectivity index (χ0n) is 13.1. The van der Waals surface area contributed by atoms with Gasteiger partial charge in [-0.05, 0) is 30.3 Å². The number of hydrogen-bond acceptors (Lipinski definition) is 5. The summed E-state index contributed by atoms with van der Waals surface area (Å²) in [7, 11) is -2.57. The van der Waals surface area contributed by atoms with Gasteiger partial charge in [0.2, 0.25) is 15.9 Å². The first-order chi connectivity index (χ1) is 11.9. The Morgan fingerprint density at radius 1 is 1.28 bits per heavy atom. The van der Waals surface area contributed by atoms with Crippen LogP contribution in [-0.2, 0) is 14.8 Å². The number of nitriles is 1. The second kappa shape index (κ2) is 7.98. The quantitative estimate of drug-likeness (QED) is 0.799. The molecule has 2 aromatic rings. The van der Waals surface area contributed by atoms with Crippen molar-refractivity contribution in [3.63, 3.8) is 0 Å². The molecule has 0 unspecified atom stereocenters. The highest BCUT2D eigenvalue weighted by Crippen LogP contribution is 2.27. The standard InChI is InChI=1S/C16H14ClN3O4S/c1-24-14-7-6-12(17)8-13(14)20-16(21)10-19-25(22,23)15-5-3-2-4-11(15)9-18/h2-8,19H,10H2,1H3,(H,20,21). The highest BCUT2D eigenvalue weighted by atomic mass is 35.5. The summed E-state index contributed by atoms with van der Waals surface area (Å²) in [5.74, 6) is -0.228. The fourth-order valence-electron chi connectivity index (χ4n) is 2.00. The third-order valence-electron chi connectivity index (χ3n) is 3.16. The minimum absolute atomic E-state index is 0.00748. The van der Waals surface area contributed by atoms with Crippen LogP contribution in [0.3, 0.4) is 0 Å². The Hall–Kier alpha value is -2.60. The van der Waals surface area contributed by atoms with E-state index in [1.807, 2.05) is 0 Å². The highest BCUT2D eigenvalue weighted by Gasteiger charge is 2.19. The molecule has 0 aliphatic rings. The van der Waals surface area contributed by atoms with Crippen LogP contribution in [0.5, 0.6) is 5.75 Å². The number of benzene rings is 2. The molecule has 0 spiro atoms. The summed E-state index contributed by atoms with van der Waals surface area (Å²) in [5, 5.41) is 11.9. The molecule has 0 atom stereocenters. The highest BCUT2D eigenvalue weighted by molar-refractivity contribution is 7.89. The van der Waals surface area contributed by atoms with Crippen LogP contribution < -0.4 is 14.8 Å². The predicted molar refractivity (Wildman–Crippen MR) is 93.0 cm³/mol. The van der Waals surface area contributed by atoms with E-state index in [0.29, 0.717) is 16.5 Å². The molecule has 2 aromatic carbocycles. The van der Waals surface area contributed by atoms with Gasteiger partial charge in [-0.2, -0.15) is 5.26 Å². The Morgan fingerprint density at radius 3 is 2.68 bits per heavy atom. The van der Waals surface area contributed by atoms with Crippen LogP contribution in [0.2, 0.25) is 5.02 Å². The Labute approximate surface area is 150 Å². The second-order valence-corrected chi connectivity index (χ2v) is 7.00. The van der Waals surface area contributed by atoms with Crippen molar-refractivity contribution in [3.05, 3.63) is 53.1 Å². The maximum Gasteiger partial charge on any atom is 0.242 e. The summed E-state index contributed by atoms with van der Waals surface area (Å²) in [6, 6.07) is 12.2. The van der Waals surface area contributed by atoms with Crippen molar-refractivity contribution >= 4 is 33.2 Å². The molecule has 2 N–H and O–H groups in total. The van der Waals surface area contributed by atoms with Crippen LogP contribution in [0, 0.1) is 11.3 Å². The first-order valence-electron chi connectivity index (χ1n) is 6.99. The molecule has 0 saturated heterocycles. The van der Waals surface area contributed by atoms with E-state index < -0.39 is 22.5 Å². The molecule has 0 aromatic heterocycles. The van der Waals surface area contributed by atoms with Gasteiger partial charge in [-0.25, -0.2) is 13.1 Å². The number of halogens is 1. The zero-order chi connectivity index (χ0) is 18.4. The van der Waals surface area contributed by atoms with Gasteiger partial charge < -0.3 is 10.1 Å². The first kappa shape index (κ1) is 18.7. The van der Waals surface area contributed by atoms with Crippen LogP contribution in [0.25, 0.3) is 0 Å². The number of hydrogen-bond donors (Lipinski definition) is 2. The second-order valence-electron chi connectivity index (χ2n) is 4.83. The third kappa shape index (κ3) is 4.70. The normalized spacial score (nSPS) is 10.8. The number of anilines is 1. The summed E-state index contributed by atoms with van der Waals surface area (Å²) < 4.78 is 31.8. The molecular weight excluding hydrogens is 366 g/mol. The molecule has 0 bridgehead atoms. The number of ether oxygens (including phenoxy) is 1. The van der Waals surface area contributed by atoms with Crippen molar-refractivity contribution < 1.29 is 17.9 Å². The van der Waals surface area contributed by atoms with E-state index in [4.69, 9.17) is 21.6 Å². The lowest BCUT2D eigenvalue weighted by Gasteiger charge is -2.11. The van der Waals surface area contributed by atoms with Gasteiger partial charge >= 0.3 is 0 Å². The van der Waals surface area contributed by atoms with Crippen LogP contribution >= 0.6 is 11.6 Å². The van der Waals surface area contributed by atoms with Crippen LogP contribution in [0.4, 0.5) is 5.69 Å². The van der Waals surface area contributed by atoms with Crippen LogP contribution in [0.15, 0.2) is 47.4 Å². The number of methoxy groups -OCH3 is 1. The van der Waals surface area contributed by atoms with Gasteiger partial charge in [0.1, 0.15) is 11.8 Å². The van der Waals surface area contributed by atoms with Gasteiger partial charge in [0, 0.05) is 5.02 Å². The van der Waals surface area contributed by atoms with E-state index in [1.165, 1.54) is 31.4 Å². The summed E-state index contributed by atoms with van der Waals surface area (Å²) >= 11 is 5.87. The lowest BCUT2D eigenvalue weighted by Crippen LogP contribution is -2.33. The number of amides is 1. The van der Waals surface area contributed by atoms with Crippen LogP contribution in [-0.4, -0.2) is 28.0 Å². The van der Waals surface area contributed by atoms with Gasteiger partial charge in [-0.15, -0.1) is 0 Å². The van der Waals surface area contributed by atoms with Crippen molar-refractivity contribution in [2.45, 2.75) is 4.90 Å². The van der Waals surface area contributed by atoms with Gasteiger partial charge in [-0.3, -0.25) is 4.79 Å². The zero-order valence-corrected chi connectivity index (χ0v) is 14.7. The predicted octanol–water partition coefficient (Wildman–Crippen LogP) is 2.14. The third-order valence-corrected chi connectivity index (χ3v) is 4.85. The lowest BCUT2D eigenvalue weighted by molar-refractivity contribution is -0.115. The Bertz CT molecular complexity index is 939. The fourth-order valence-corrected chi connectivity index (χ4v) is 3.31. The molecule has 0 radical (unpaired) electrons. The molecule has 1 amide bonds. The van der Waals surface area contributed by atoms with E-state index in [2.05, 4.69) is 10.0 Å². The number of nitrogens with one attached hydrogen (secondary N) is 2. The molecule has 25 heavy (non-hydrogen) atoms. The van der Waals surface area contributed by atoms with E-state index in [1.54, 1.807) is 24.3 Å².